The van der Waals surface area contributed by atoms with Gasteiger partial charge in [0.2, 0.25) is 10.0 Å². The fraction of sp³-hybridized carbons (Fsp3) is 1.00. The maximum Gasteiger partial charge on any atom is 0.211 e. The molecule has 0 fully saturated rings. The van der Waals surface area contributed by atoms with Crippen LogP contribution in [0.1, 0.15) is 27.7 Å². The smallest absolute Gasteiger partial charge is 0.211 e. The molecule has 0 heterocycles. The third kappa shape index (κ3) is 3.54. The van der Waals surface area contributed by atoms with Gasteiger partial charge in [-0.1, -0.05) is 27.7 Å². The second-order valence-electron chi connectivity index (χ2n) is 4.11. The number of sulfonamides is 1. The maximum atomic E-state index is 11.2. The van der Waals surface area contributed by atoms with Crippen molar-refractivity contribution in [3.05, 3.63) is 0 Å². The zero-order chi connectivity index (χ0) is 9.99. The van der Waals surface area contributed by atoms with Gasteiger partial charge in [0.05, 0.1) is 5.75 Å². The molecule has 0 aliphatic rings. The van der Waals surface area contributed by atoms with Crippen molar-refractivity contribution in [2.75, 3.05) is 12.8 Å². The molecule has 0 spiro atoms. The van der Waals surface area contributed by atoms with Crippen LogP contribution in [0.25, 0.3) is 0 Å². The summed E-state index contributed by atoms with van der Waals surface area (Å²) in [6.07, 6.45) is 0. The van der Waals surface area contributed by atoms with Crippen molar-refractivity contribution in [2.45, 2.75) is 27.7 Å². The number of hydrogen-bond donors (Lipinski definition) is 1. The van der Waals surface area contributed by atoms with Gasteiger partial charge < -0.3 is 0 Å². The first-order chi connectivity index (χ1) is 5.21. The van der Waals surface area contributed by atoms with Gasteiger partial charge in [0.25, 0.3) is 0 Å². The molecule has 0 unspecified atom stereocenters. The molecule has 3 nitrogen and oxygen atoms in total. The predicted molar refractivity (Wildman–Crippen MR) is 51.5 cm³/mol. The molecule has 0 saturated heterocycles. The molecule has 0 amide bonds. The Bertz CT molecular complexity index is 229. The van der Waals surface area contributed by atoms with E-state index in [9.17, 15) is 8.42 Å². The molecule has 0 saturated carbocycles. The van der Waals surface area contributed by atoms with E-state index in [4.69, 9.17) is 0 Å². The molecule has 0 aromatic rings. The quantitative estimate of drug-likeness (QED) is 0.729. The van der Waals surface area contributed by atoms with Gasteiger partial charge in [-0.25, -0.2) is 13.1 Å². The van der Waals surface area contributed by atoms with Gasteiger partial charge in [0, 0.05) is 0 Å². The van der Waals surface area contributed by atoms with Crippen molar-refractivity contribution in [1.29, 1.82) is 0 Å². The molecule has 0 radical (unpaired) electrons. The second kappa shape index (κ2) is 3.75. The highest BCUT2D eigenvalue weighted by Crippen LogP contribution is 2.27. The van der Waals surface area contributed by atoms with Crippen LogP contribution in [0.3, 0.4) is 0 Å². The van der Waals surface area contributed by atoms with Crippen LogP contribution in [-0.4, -0.2) is 21.2 Å². The molecule has 0 aromatic carbocycles. The molecule has 0 bridgehead atoms. The summed E-state index contributed by atoms with van der Waals surface area (Å²) >= 11 is 0. The minimum Gasteiger partial charge on any atom is -0.218 e. The standard InChI is InChI=1S/C8H19NO2S/c1-7(2)8(3,4)6-12(10,11)9-5/h7,9H,6H2,1-5H3. The highest BCUT2D eigenvalue weighted by molar-refractivity contribution is 7.89. The maximum absolute atomic E-state index is 11.2. The highest BCUT2D eigenvalue weighted by Gasteiger charge is 2.28. The lowest BCUT2D eigenvalue weighted by Gasteiger charge is -2.28. The van der Waals surface area contributed by atoms with Crippen LogP contribution in [0.2, 0.25) is 0 Å². The Morgan fingerprint density at radius 3 is 2.00 bits per heavy atom. The molecule has 12 heavy (non-hydrogen) atoms. The Morgan fingerprint density at radius 1 is 1.33 bits per heavy atom. The van der Waals surface area contributed by atoms with E-state index >= 15 is 0 Å². The number of nitrogens with one attached hydrogen (secondary N) is 1. The van der Waals surface area contributed by atoms with E-state index in [1.807, 2.05) is 27.7 Å². The van der Waals surface area contributed by atoms with Gasteiger partial charge in [0.15, 0.2) is 0 Å². The van der Waals surface area contributed by atoms with Gasteiger partial charge in [-0.3, -0.25) is 0 Å². The summed E-state index contributed by atoms with van der Waals surface area (Å²) in [6, 6.07) is 0. The Hall–Kier alpha value is -0.0900. The summed E-state index contributed by atoms with van der Waals surface area (Å²) < 4.78 is 24.7. The van der Waals surface area contributed by atoms with Crippen molar-refractivity contribution in [1.82, 2.24) is 4.72 Å². The van der Waals surface area contributed by atoms with Gasteiger partial charge in [-0.2, -0.15) is 0 Å². The van der Waals surface area contributed by atoms with Gasteiger partial charge >= 0.3 is 0 Å². The van der Waals surface area contributed by atoms with Crippen LogP contribution >= 0.6 is 0 Å². The SMILES string of the molecule is CNS(=O)(=O)CC(C)(C)C(C)C. The molecule has 0 aliphatic heterocycles. The summed E-state index contributed by atoms with van der Waals surface area (Å²) in [7, 11) is -1.62. The van der Waals surface area contributed by atoms with Crippen LogP contribution in [0, 0.1) is 11.3 Å². The first kappa shape index (κ1) is 11.9. The lowest BCUT2D eigenvalue weighted by Crippen LogP contribution is -2.34. The van der Waals surface area contributed by atoms with Crippen molar-refractivity contribution in [2.24, 2.45) is 11.3 Å². The third-order valence-electron chi connectivity index (χ3n) is 2.44. The Labute approximate surface area is 75.6 Å². The van der Waals surface area contributed by atoms with Crippen LogP contribution in [0.4, 0.5) is 0 Å². The molecule has 0 aliphatic carbocycles. The molecule has 0 rings (SSSR count). The summed E-state index contributed by atoms with van der Waals surface area (Å²) in [5, 5.41) is 0. The Balaban J connectivity index is 4.46. The predicted octanol–water partition coefficient (Wildman–Crippen LogP) is 1.22. The Kier molecular flexibility index (Phi) is 3.72. The lowest BCUT2D eigenvalue weighted by molar-refractivity contribution is 0.285. The molecule has 0 aromatic heterocycles. The van der Waals surface area contributed by atoms with Crippen molar-refractivity contribution < 1.29 is 8.42 Å². The summed E-state index contributed by atoms with van der Waals surface area (Å²) in [5.74, 6) is 0.550. The molecule has 74 valence electrons. The highest BCUT2D eigenvalue weighted by atomic mass is 32.2. The van der Waals surface area contributed by atoms with Gasteiger partial charge in [-0.05, 0) is 18.4 Å². The van der Waals surface area contributed by atoms with E-state index in [1.165, 1.54) is 7.05 Å². The topological polar surface area (TPSA) is 46.2 Å². The van der Waals surface area contributed by atoms with Crippen LogP contribution in [0.5, 0.6) is 0 Å². The minimum atomic E-state index is -3.07. The monoisotopic (exact) mass is 193 g/mol. The van der Waals surface area contributed by atoms with Gasteiger partial charge in [-0.15, -0.1) is 0 Å². The normalized spacial score (nSPS) is 13.8. The van der Waals surface area contributed by atoms with Crippen molar-refractivity contribution >= 4 is 10.0 Å². The lowest BCUT2D eigenvalue weighted by atomic mass is 9.83. The third-order valence-corrected chi connectivity index (χ3v) is 4.18. The zero-order valence-corrected chi connectivity index (χ0v) is 9.33. The van der Waals surface area contributed by atoms with E-state index in [0.717, 1.165) is 0 Å². The zero-order valence-electron chi connectivity index (χ0n) is 8.51. The average molecular weight is 193 g/mol. The van der Waals surface area contributed by atoms with E-state index < -0.39 is 10.0 Å². The molecule has 0 atom stereocenters. The molecular weight excluding hydrogens is 174 g/mol. The summed E-state index contributed by atoms with van der Waals surface area (Å²) in [5.41, 5.74) is -0.165. The minimum absolute atomic E-state index is 0.165. The van der Waals surface area contributed by atoms with E-state index in [-0.39, 0.29) is 11.2 Å². The number of rotatable bonds is 4. The second-order valence-corrected chi connectivity index (χ2v) is 6.03. The number of hydrogen-bond acceptors (Lipinski definition) is 2. The van der Waals surface area contributed by atoms with Crippen LogP contribution in [-0.2, 0) is 10.0 Å². The summed E-state index contributed by atoms with van der Waals surface area (Å²) in [4.78, 5) is 0. The van der Waals surface area contributed by atoms with Crippen LogP contribution in [0.15, 0.2) is 0 Å². The van der Waals surface area contributed by atoms with E-state index in [2.05, 4.69) is 4.72 Å². The Morgan fingerprint density at radius 2 is 1.75 bits per heavy atom. The van der Waals surface area contributed by atoms with Crippen LogP contribution < -0.4 is 4.72 Å². The van der Waals surface area contributed by atoms with Crippen molar-refractivity contribution in [3.8, 4) is 0 Å². The average Bonchev–Trinajstić information content (AvgIpc) is 1.85. The first-order valence-electron chi connectivity index (χ1n) is 4.12. The van der Waals surface area contributed by atoms with Gasteiger partial charge in [0.1, 0.15) is 0 Å². The molecule has 1 N–H and O–H groups in total. The fourth-order valence-corrected chi connectivity index (χ4v) is 2.19. The van der Waals surface area contributed by atoms with Crippen molar-refractivity contribution in [3.63, 3.8) is 0 Å². The van der Waals surface area contributed by atoms with E-state index in [0.29, 0.717) is 5.92 Å². The molecule has 4 heteroatoms. The summed E-state index contributed by atoms with van der Waals surface area (Å²) in [6.45, 7) is 8.00. The first-order valence-corrected chi connectivity index (χ1v) is 5.78. The largest absolute Gasteiger partial charge is 0.218 e. The van der Waals surface area contributed by atoms with E-state index in [1.54, 1.807) is 0 Å². The molecular formula is C8H19NO2S. The fourth-order valence-electron chi connectivity index (χ4n) is 0.729.